The molecule has 0 aromatic carbocycles. The average Bonchev–Trinajstić information content (AvgIpc) is 2.03. The summed E-state index contributed by atoms with van der Waals surface area (Å²) in [6, 6.07) is 0. The van der Waals surface area contributed by atoms with Gasteiger partial charge in [0, 0.05) is 5.25 Å². The van der Waals surface area contributed by atoms with Crippen molar-refractivity contribution in [2.75, 3.05) is 0 Å². The van der Waals surface area contributed by atoms with Gasteiger partial charge in [0.25, 0.3) is 0 Å². The highest BCUT2D eigenvalue weighted by Gasteiger charge is 2.09. The highest BCUT2D eigenvalue weighted by Crippen LogP contribution is 2.44. The molecule has 12 heavy (non-hydrogen) atoms. The predicted octanol–water partition coefficient (Wildman–Crippen LogP) is 3.72. The fourth-order valence-corrected chi connectivity index (χ4v) is 3.71. The molecule has 0 amide bonds. The van der Waals surface area contributed by atoms with E-state index in [1.807, 2.05) is 13.8 Å². The first kappa shape index (κ1) is 12.5. The Labute approximate surface area is 80.1 Å². The van der Waals surface area contributed by atoms with Crippen LogP contribution in [0.2, 0.25) is 0 Å². The van der Waals surface area contributed by atoms with Gasteiger partial charge in [-0.25, -0.2) is 0 Å². The zero-order chi connectivity index (χ0) is 9.56. The minimum atomic E-state index is -1.85. The van der Waals surface area contributed by atoms with E-state index >= 15 is 0 Å². The molecule has 0 aliphatic rings. The zero-order valence-electron chi connectivity index (χ0n) is 8.29. The molecule has 0 aliphatic heterocycles. The van der Waals surface area contributed by atoms with Crippen LogP contribution < -0.4 is 0 Å². The Morgan fingerprint density at radius 3 is 2.33 bits per heavy atom. The molecule has 2 nitrogen and oxygen atoms in total. The minimum absolute atomic E-state index is 0.132. The highest BCUT2D eigenvalue weighted by molar-refractivity contribution is 8.50. The fraction of sp³-hybridized carbons (Fsp3) is 1.00. The summed E-state index contributed by atoms with van der Waals surface area (Å²) >= 11 is 1.47. The molecule has 0 saturated carbocycles. The topological polar surface area (TPSA) is 26.3 Å². The van der Waals surface area contributed by atoms with Gasteiger partial charge in [-0.2, -0.15) is 0 Å². The molecule has 0 aliphatic carbocycles. The van der Waals surface area contributed by atoms with Crippen LogP contribution in [0.3, 0.4) is 0 Å². The third-order valence-electron chi connectivity index (χ3n) is 1.74. The Bertz CT molecular complexity index is 127. The van der Waals surface area contributed by atoms with E-state index in [4.69, 9.17) is 4.52 Å². The molecular weight excluding hydrogens is 191 g/mol. The van der Waals surface area contributed by atoms with Gasteiger partial charge in [-0.1, -0.05) is 32.2 Å². The first-order chi connectivity index (χ1) is 5.60. The second kappa shape index (κ2) is 6.99. The van der Waals surface area contributed by atoms with Crippen molar-refractivity contribution in [3.63, 3.8) is 0 Å². The van der Waals surface area contributed by atoms with E-state index in [9.17, 15) is 4.57 Å². The summed E-state index contributed by atoms with van der Waals surface area (Å²) in [5.74, 6) is 0. The van der Waals surface area contributed by atoms with Gasteiger partial charge in [-0.05, 0) is 19.8 Å². The summed E-state index contributed by atoms with van der Waals surface area (Å²) in [5.41, 5.74) is 0. The molecule has 0 rings (SSSR count). The fourth-order valence-electron chi connectivity index (χ4n) is 0.523. The Morgan fingerprint density at radius 1 is 1.33 bits per heavy atom. The third kappa shape index (κ3) is 6.10. The van der Waals surface area contributed by atoms with Crippen molar-refractivity contribution in [2.45, 2.75) is 51.9 Å². The summed E-state index contributed by atoms with van der Waals surface area (Å²) in [4.78, 5) is 0. The lowest BCUT2D eigenvalue weighted by molar-refractivity contribution is 0.237. The van der Waals surface area contributed by atoms with E-state index in [1.165, 1.54) is 11.4 Å². The quantitative estimate of drug-likeness (QED) is 0.625. The van der Waals surface area contributed by atoms with Crippen molar-refractivity contribution in [3.8, 4) is 0 Å². The van der Waals surface area contributed by atoms with Crippen molar-refractivity contribution >= 4 is 18.6 Å². The summed E-state index contributed by atoms with van der Waals surface area (Å²) in [5, 5.41) is 0.445. The zero-order valence-corrected chi connectivity index (χ0v) is 10.1. The van der Waals surface area contributed by atoms with Gasteiger partial charge in [0.2, 0.25) is 7.23 Å². The van der Waals surface area contributed by atoms with Gasteiger partial charge >= 0.3 is 0 Å². The standard InChI is InChI=1S/C8H19O2PS/c1-5-7(3)10-11(9)12-8(4)6-2/h7-8,11H,5-6H2,1-4H3. The van der Waals surface area contributed by atoms with Gasteiger partial charge in [0.15, 0.2) is 0 Å². The second-order valence-electron chi connectivity index (χ2n) is 2.92. The first-order valence-corrected chi connectivity index (χ1v) is 7.39. The van der Waals surface area contributed by atoms with E-state index in [0.717, 1.165) is 12.8 Å². The van der Waals surface area contributed by atoms with E-state index < -0.39 is 7.23 Å². The van der Waals surface area contributed by atoms with Crippen molar-refractivity contribution in [2.24, 2.45) is 0 Å². The molecule has 0 saturated heterocycles. The molecule has 0 heterocycles. The average molecular weight is 210 g/mol. The third-order valence-corrected chi connectivity index (χ3v) is 5.34. The monoisotopic (exact) mass is 210 g/mol. The van der Waals surface area contributed by atoms with Gasteiger partial charge in [-0.3, -0.25) is 4.57 Å². The Morgan fingerprint density at radius 2 is 1.92 bits per heavy atom. The molecule has 0 radical (unpaired) electrons. The molecule has 3 unspecified atom stereocenters. The smallest absolute Gasteiger partial charge is 0.246 e. The van der Waals surface area contributed by atoms with Crippen LogP contribution in [0.4, 0.5) is 0 Å². The Kier molecular flexibility index (Phi) is 7.31. The molecule has 0 fully saturated rings. The largest absolute Gasteiger partial charge is 0.320 e. The van der Waals surface area contributed by atoms with Crippen LogP contribution in [0, 0.1) is 0 Å². The van der Waals surface area contributed by atoms with Crippen molar-refractivity contribution < 1.29 is 9.09 Å². The second-order valence-corrected chi connectivity index (χ2v) is 6.41. The van der Waals surface area contributed by atoms with Crippen LogP contribution in [0.1, 0.15) is 40.5 Å². The molecule has 0 N–H and O–H groups in total. The number of rotatable bonds is 6. The van der Waals surface area contributed by atoms with Crippen molar-refractivity contribution in [3.05, 3.63) is 0 Å². The number of hydrogen-bond donors (Lipinski definition) is 0. The highest BCUT2D eigenvalue weighted by atomic mass is 32.7. The molecule has 74 valence electrons. The molecule has 4 heteroatoms. The maximum Gasteiger partial charge on any atom is 0.246 e. The molecule has 0 aromatic heterocycles. The van der Waals surface area contributed by atoms with Crippen molar-refractivity contribution in [1.82, 2.24) is 0 Å². The van der Waals surface area contributed by atoms with Gasteiger partial charge in [0.1, 0.15) is 0 Å². The van der Waals surface area contributed by atoms with Crippen LogP contribution in [-0.2, 0) is 9.09 Å². The molecule has 0 bridgehead atoms. The van der Waals surface area contributed by atoms with Gasteiger partial charge < -0.3 is 4.52 Å². The normalized spacial score (nSPS) is 18.7. The van der Waals surface area contributed by atoms with Crippen molar-refractivity contribution in [1.29, 1.82) is 0 Å². The Balaban J connectivity index is 3.59. The predicted molar refractivity (Wildman–Crippen MR) is 57.2 cm³/mol. The summed E-state index contributed by atoms with van der Waals surface area (Å²) in [6.45, 7) is 8.16. The van der Waals surface area contributed by atoms with E-state index in [0.29, 0.717) is 5.25 Å². The summed E-state index contributed by atoms with van der Waals surface area (Å²) in [6.07, 6.45) is 2.11. The maximum atomic E-state index is 11.3. The lowest BCUT2D eigenvalue weighted by atomic mass is 10.3. The molecule has 0 spiro atoms. The van der Waals surface area contributed by atoms with E-state index in [2.05, 4.69) is 13.8 Å². The molecule has 0 aromatic rings. The van der Waals surface area contributed by atoms with Crippen LogP contribution in [-0.4, -0.2) is 11.4 Å². The maximum absolute atomic E-state index is 11.3. The summed E-state index contributed by atoms with van der Waals surface area (Å²) < 4.78 is 16.6. The molecular formula is C8H19O2PS. The first-order valence-electron chi connectivity index (χ1n) is 4.47. The van der Waals surface area contributed by atoms with Crippen LogP contribution in [0.5, 0.6) is 0 Å². The van der Waals surface area contributed by atoms with Crippen LogP contribution >= 0.6 is 18.6 Å². The summed E-state index contributed by atoms with van der Waals surface area (Å²) in [7, 11) is -1.85. The van der Waals surface area contributed by atoms with Crippen LogP contribution in [0.15, 0.2) is 0 Å². The van der Waals surface area contributed by atoms with Crippen LogP contribution in [0.25, 0.3) is 0 Å². The van der Waals surface area contributed by atoms with E-state index in [1.54, 1.807) is 0 Å². The molecule has 3 atom stereocenters. The van der Waals surface area contributed by atoms with Gasteiger partial charge in [0.05, 0.1) is 6.10 Å². The Hall–Kier alpha value is 0.540. The lowest BCUT2D eigenvalue weighted by Gasteiger charge is -2.12. The van der Waals surface area contributed by atoms with E-state index in [-0.39, 0.29) is 6.10 Å². The number of hydrogen-bond acceptors (Lipinski definition) is 3. The lowest BCUT2D eigenvalue weighted by Crippen LogP contribution is -2.00. The minimum Gasteiger partial charge on any atom is -0.320 e. The SMILES string of the molecule is CCC(C)O[PH](=O)SC(C)CC. The van der Waals surface area contributed by atoms with Gasteiger partial charge in [-0.15, -0.1) is 0 Å².